The highest BCUT2D eigenvalue weighted by molar-refractivity contribution is 5.89. The molecule has 1 aliphatic heterocycles. The summed E-state index contributed by atoms with van der Waals surface area (Å²) in [6, 6.07) is 9.49. The second-order valence-electron chi connectivity index (χ2n) is 5.88. The van der Waals surface area contributed by atoms with Crippen LogP contribution in [0.4, 0.5) is 15.0 Å². The fourth-order valence-corrected chi connectivity index (χ4v) is 2.24. The van der Waals surface area contributed by atoms with Gasteiger partial charge in [-0.25, -0.2) is 14.2 Å². The number of cyclic esters (lactones) is 1. The molecule has 0 saturated carbocycles. The van der Waals surface area contributed by atoms with Crippen molar-refractivity contribution in [2.24, 2.45) is 0 Å². The fourth-order valence-electron chi connectivity index (χ4n) is 2.24. The molecule has 3 rings (SSSR count). The van der Waals surface area contributed by atoms with Gasteiger partial charge < -0.3 is 4.74 Å². The lowest BCUT2D eigenvalue weighted by molar-refractivity contribution is 0.0871. The molecule has 116 valence electrons. The Morgan fingerprint density at radius 3 is 2.35 bits per heavy atom. The minimum atomic E-state index is -0.514. The predicted octanol–water partition coefficient (Wildman–Crippen LogP) is 3.36. The third-order valence-electron chi connectivity index (χ3n) is 3.34. The summed E-state index contributed by atoms with van der Waals surface area (Å²) in [6.45, 7) is 4.17. The summed E-state index contributed by atoms with van der Waals surface area (Å²) in [5.41, 5.74) is 0.921. The molecule has 0 aliphatic carbocycles. The third kappa shape index (κ3) is 3.49. The van der Waals surface area contributed by atoms with Crippen LogP contribution < -0.4 is 4.90 Å². The Morgan fingerprint density at radius 1 is 1.13 bits per heavy atom. The number of hydrogen-bond acceptors (Lipinski definition) is 3. The molecule has 2 heterocycles. The molecule has 0 unspecified atom stereocenters. The number of carbonyl (C=O) groups is 1. The first-order valence-corrected chi connectivity index (χ1v) is 7.17. The Bertz CT molecular complexity index is 787. The number of carbonyl (C=O) groups excluding carboxylic acids is 1. The average Bonchev–Trinajstić information content (AvgIpc) is 2.80. The van der Waals surface area contributed by atoms with Gasteiger partial charge in [0.05, 0.1) is 6.54 Å². The minimum absolute atomic E-state index is 0.290. The van der Waals surface area contributed by atoms with Crippen LogP contribution in [0.25, 0.3) is 0 Å². The highest BCUT2D eigenvalue weighted by atomic mass is 19.1. The van der Waals surface area contributed by atoms with E-state index in [0.29, 0.717) is 17.9 Å². The molecule has 0 spiro atoms. The van der Waals surface area contributed by atoms with Crippen LogP contribution in [0.5, 0.6) is 0 Å². The summed E-state index contributed by atoms with van der Waals surface area (Å²) in [5.74, 6) is 6.14. The van der Waals surface area contributed by atoms with Gasteiger partial charge in [-0.05, 0) is 50.2 Å². The van der Waals surface area contributed by atoms with Crippen LogP contribution >= 0.6 is 0 Å². The molecule has 23 heavy (non-hydrogen) atoms. The van der Waals surface area contributed by atoms with Gasteiger partial charge >= 0.3 is 6.09 Å². The van der Waals surface area contributed by atoms with Crippen LogP contribution in [0.15, 0.2) is 42.6 Å². The second-order valence-corrected chi connectivity index (χ2v) is 5.88. The Balaban J connectivity index is 1.76. The molecule has 1 saturated heterocycles. The lowest BCUT2D eigenvalue weighted by Gasteiger charge is -2.14. The van der Waals surface area contributed by atoms with Crippen molar-refractivity contribution in [2.75, 3.05) is 11.4 Å². The van der Waals surface area contributed by atoms with Crippen molar-refractivity contribution in [1.29, 1.82) is 0 Å². The van der Waals surface area contributed by atoms with Gasteiger partial charge in [-0.15, -0.1) is 0 Å². The molecule has 1 aromatic carbocycles. The number of rotatable bonds is 1. The van der Waals surface area contributed by atoms with Gasteiger partial charge in [-0.1, -0.05) is 11.8 Å². The zero-order valence-corrected chi connectivity index (χ0v) is 12.8. The second kappa shape index (κ2) is 5.73. The molecule has 1 aliphatic rings. The van der Waals surface area contributed by atoms with Crippen molar-refractivity contribution in [3.63, 3.8) is 0 Å². The molecule has 5 heteroatoms. The smallest absolute Gasteiger partial charge is 0.416 e. The van der Waals surface area contributed by atoms with Crippen LogP contribution in [0.1, 0.15) is 25.0 Å². The number of pyridine rings is 1. The van der Waals surface area contributed by atoms with E-state index in [1.807, 2.05) is 13.8 Å². The topological polar surface area (TPSA) is 42.4 Å². The molecule has 0 bridgehead atoms. The standard InChI is InChI=1S/C18H15FN2O2/c1-18(2)12-21(17(22)23-18)16-10-7-14(11-20-16)4-3-13-5-8-15(19)9-6-13/h5-11H,12H2,1-2H3. The Kier molecular flexibility index (Phi) is 3.75. The van der Waals surface area contributed by atoms with E-state index in [1.165, 1.54) is 17.0 Å². The normalized spacial score (nSPS) is 15.8. The van der Waals surface area contributed by atoms with E-state index in [0.717, 1.165) is 5.56 Å². The summed E-state index contributed by atoms with van der Waals surface area (Å²) in [4.78, 5) is 17.6. The maximum absolute atomic E-state index is 12.8. The van der Waals surface area contributed by atoms with E-state index in [2.05, 4.69) is 16.8 Å². The zero-order valence-electron chi connectivity index (χ0n) is 12.8. The summed E-state index contributed by atoms with van der Waals surface area (Å²) in [7, 11) is 0. The molecule has 1 fully saturated rings. The monoisotopic (exact) mass is 310 g/mol. The van der Waals surface area contributed by atoms with Gasteiger partial charge in [0.15, 0.2) is 0 Å². The van der Waals surface area contributed by atoms with Crippen molar-refractivity contribution in [2.45, 2.75) is 19.4 Å². The van der Waals surface area contributed by atoms with Crippen molar-refractivity contribution in [3.05, 3.63) is 59.5 Å². The Morgan fingerprint density at radius 2 is 1.78 bits per heavy atom. The summed E-state index contributed by atoms with van der Waals surface area (Å²) >= 11 is 0. The number of hydrogen-bond donors (Lipinski definition) is 0. The van der Waals surface area contributed by atoms with Gasteiger partial charge in [0.1, 0.15) is 17.2 Å². The van der Waals surface area contributed by atoms with E-state index >= 15 is 0 Å². The van der Waals surface area contributed by atoms with Crippen molar-refractivity contribution < 1.29 is 13.9 Å². The molecular weight excluding hydrogens is 295 g/mol. The van der Waals surface area contributed by atoms with Crippen LogP contribution in [0.2, 0.25) is 0 Å². The molecule has 1 aromatic heterocycles. The van der Waals surface area contributed by atoms with Crippen LogP contribution in [0, 0.1) is 17.7 Å². The Labute approximate surface area is 133 Å². The van der Waals surface area contributed by atoms with Crippen LogP contribution in [-0.2, 0) is 4.74 Å². The minimum Gasteiger partial charge on any atom is -0.441 e. The Hall–Kier alpha value is -2.87. The maximum Gasteiger partial charge on any atom is 0.416 e. The van der Waals surface area contributed by atoms with Crippen molar-refractivity contribution >= 4 is 11.9 Å². The molecular formula is C18H15FN2O2. The highest BCUT2D eigenvalue weighted by Crippen LogP contribution is 2.25. The van der Waals surface area contributed by atoms with E-state index in [4.69, 9.17) is 4.74 Å². The molecule has 2 aromatic rings. The maximum atomic E-state index is 12.8. The summed E-state index contributed by atoms with van der Waals surface area (Å²) in [5, 5.41) is 0. The van der Waals surface area contributed by atoms with Crippen molar-refractivity contribution in [3.8, 4) is 11.8 Å². The van der Waals surface area contributed by atoms with Gasteiger partial charge in [-0.2, -0.15) is 0 Å². The number of halogens is 1. The van der Waals surface area contributed by atoms with E-state index in [-0.39, 0.29) is 5.82 Å². The molecule has 1 amide bonds. The first-order chi connectivity index (χ1) is 10.9. The van der Waals surface area contributed by atoms with Gasteiger partial charge in [0.25, 0.3) is 0 Å². The van der Waals surface area contributed by atoms with E-state index in [1.54, 1.807) is 30.5 Å². The molecule has 0 radical (unpaired) electrons. The van der Waals surface area contributed by atoms with E-state index in [9.17, 15) is 9.18 Å². The fraction of sp³-hybridized carbons (Fsp3) is 0.222. The number of benzene rings is 1. The van der Waals surface area contributed by atoms with Gasteiger partial charge in [0, 0.05) is 17.3 Å². The average molecular weight is 310 g/mol. The third-order valence-corrected chi connectivity index (χ3v) is 3.34. The van der Waals surface area contributed by atoms with Crippen molar-refractivity contribution in [1.82, 2.24) is 4.98 Å². The number of nitrogens with zero attached hydrogens (tertiary/aromatic N) is 2. The lowest BCUT2D eigenvalue weighted by atomic mass is 10.1. The number of aromatic nitrogens is 1. The molecule has 0 atom stereocenters. The number of ether oxygens (including phenoxy) is 1. The summed E-state index contributed by atoms with van der Waals surface area (Å²) < 4.78 is 18.1. The zero-order chi connectivity index (χ0) is 16.4. The predicted molar refractivity (Wildman–Crippen MR) is 84.5 cm³/mol. The lowest BCUT2D eigenvalue weighted by Crippen LogP contribution is -2.28. The number of anilines is 1. The molecule has 0 N–H and O–H groups in total. The van der Waals surface area contributed by atoms with Gasteiger partial charge in [0.2, 0.25) is 0 Å². The van der Waals surface area contributed by atoms with Crippen LogP contribution in [-0.4, -0.2) is 23.2 Å². The first-order valence-electron chi connectivity index (χ1n) is 7.17. The summed E-state index contributed by atoms with van der Waals surface area (Å²) in [6.07, 6.45) is 1.21. The largest absolute Gasteiger partial charge is 0.441 e. The van der Waals surface area contributed by atoms with E-state index < -0.39 is 11.7 Å². The quantitative estimate of drug-likeness (QED) is 0.759. The van der Waals surface area contributed by atoms with Crippen LogP contribution in [0.3, 0.4) is 0 Å². The van der Waals surface area contributed by atoms with Gasteiger partial charge in [-0.3, -0.25) is 4.90 Å². The number of amides is 1. The SMILES string of the molecule is CC1(C)CN(c2ccc(C#Cc3ccc(F)cc3)cn2)C(=O)O1. The highest BCUT2D eigenvalue weighted by Gasteiger charge is 2.38. The molecule has 4 nitrogen and oxygen atoms in total. The first kappa shape index (κ1) is 15.0.